The number of pyridine rings is 3. The lowest BCUT2D eigenvalue weighted by atomic mass is 9.95. The third-order valence-corrected chi connectivity index (χ3v) is 9.61. The Labute approximate surface area is 401 Å². The smallest absolute Gasteiger partial charge is 0.352 e. The number of aryl methyl sites for hydroxylation is 3. The van der Waals surface area contributed by atoms with Crippen LogP contribution in [0.1, 0.15) is 77.0 Å². The minimum Gasteiger partial charge on any atom is -0.466 e. The van der Waals surface area contributed by atoms with Crippen molar-refractivity contribution >= 4 is 75.4 Å². The number of hydrogen-bond donors (Lipinski definition) is 0. The third kappa shape index (κ3) is 16.8. The van der Waals surface area contributed by atoms with E-state index in [4.69, 9.17) is 32.7 Å². The van der Waals surface area contributed by atoms with Crippen LogP contribution in [0, 0.1) is 30.3 Å². The highest BCUT2D eigenvalue weighted by Gasteiger charge is 2.35. The number of ketones is 3. The van der Waals surface area contributed by atoms with Gasteiger partial charge in [-0.3, -0.25) is 68.7 Å². The molecule has 372 valence electrons. The summed E-state index contributed by atoms with van der Waals surface area (Å²) in [5.41, 5.74) is -0.874. The maximum absolute atomic E-state index is 11.9. The van der Waals surface area contributed by atoms with Crippen molar-refractivity contribution in [2.45, 2.75) is 66.7 Å². The van der Waals surface area contributed by atoms with Gasteiger partial charge < -0.3 is 27.9 Å². The molecule has 26 heteroatoms. The fourth-order valence-electron chi connectivity index (χ4n) is 5.88. The topological polar surface area (TPSA) is 326 Å². The van der Waals surface area contributed by atoms with Gasteiger partial charge >= 0.3 is 46.1 Å². The number of Topliss-reactive ketones (excluding diaryl/α,β-unsaturated/α-hetero) is 3. The Balaban J connectivity index is 0.000000444. The van der Waals surface area contributed by atoms with Crippen LogP contribution in [0.4, 0.5) is 11.4 Å². The zero-order valence-electron chi connectivity index (χ0n) is 38.7. The molecule has 0 radical (unpaired) electrons. The number of esters is 3. The van der Waals surface area contributed by atoms with E-state index >= 15 is 0 Å². The van der Waals surface area contributed by atoms with E-state index in [0.29, 0.717) is 30.8 Å². The molecule has 1 unspecified atom stereocenters. The number of nitrogens with zero attached hydrogens (tertiary/aromatic N) is 6. The van der Waals surface area contributed by atoms with Crippen molar-refractivity contribution in [1.29, 1.82) is 0 Å². The first-order valence-corrected chi connectivity index (χ1v) is 20.9. The summed E-state index contributed by atoms with van der Waals surface area (Å²) in [7, 11) is 4.47. The number of carbonyl (C=O) groups is 6. The number of hydrogen-bond acceptors (Lipinski definition) is 18. The van der Waals surface area contributed by atoms with Crippen LogP contribution in [0.5, 0.6) is 0 Å². The lowest BCUT2D eigenvalue weighted by Gasteiger charge is -2.13. The van der Waals surface area contributed by atoms with Crippen LogP contribution in [-0.4, -0.2) is 83.5 Å². The minimum atomic E-state index is -1.47. The molecule has 0 saturated carbocycles. The number of aromatic nitrogens is 3. The van der Waals surface area contributed by atoms with E-state index in [0.717, 1.165) is 27.2 Å². The molecule has 0 bridgehead atoms. The number of carbonyl (C=O) groups excluding carboxylic acids is 6. The molecule has 0 fully saturated rings. The standard InChI is InChI=1S/C13H15NO3.C12H14N2O6.C6H5ClN2O3.C6H4ClNO3.C6H10O3/c1-4-17-13(16)11-8(2)7-10-9(11)5-6-14(3)12(10)15;1-4-20-12(17)9(7(2)15)8-5-6-13(3)11(16)10(8)14(18)19;1-8-3-2-4(7)5(6(8)10)9(11)12;7-4-2-1-3-5(9)6(4)8(10)11;1-3-9-6(8)4-5(2)7/h5-6H,4,7H2,1-3H3;5-6,9H,4H2,1-3H3;2-3H,1H3;1-2H,3H2;3-4H2,1-2H3. The third-order valence-electron chi connectivity index (χ3n) is 9.00. The summed E-state index contributed by atoms with van der Waals surface area (Å²) in [4.78, 5) is 131. The molecule has 2 aliphatic carbocycles. The Morgan fingerprint density at radius 1 is 0.725 bits per heavy atom. The highest BCUT2D eigenvalue weighted by Crippen LogP contribution is 2.31. The first-order valence-electron chi connectivity index (χ1n) is 20.1. The van der Waals surface area contributed by atoms with Crippen molar-refractivity contribution in [3.05, 3.63) is 148 Å². The zero-order chi connectivity index (χ0) is 53.0. The first-order chi connectivity index (χ1) is 32.2. The van der Waals surface area contributed by atoms with Crippen LogP contribution < -0.4 is 16.7 Å². The van der Waals surface area contributed by atoms with Gasteiger partial charge in [-0.15, -0.1) is 0 Å². The van der Waals surface area contributed by atoms with Crippen molar-refractivity contribution in [2.75, 3.05) is 19.8 Å². The Morgan fingerprint density at radius 3 is 1.68 bits per heavy atom. The van der Waals surface area contributed by atoms with Crippen LogP contribution >= 0.6 is 23.2 Å². The lowest BCUT2D eigenvalue weighted by molar-refractivity contribution is -0.419. The number of fused-ring (bicyclic) bond motifs is 1. The van der Waals surface area contributed by atoms with Crippen LogP contribution in [0.3, 0.4) is 0 Å². The summed E-state index contributed by atoms with van der Waals surface area (Å²) in [5.74, 6) is -4.47. The highest BCUT2D eigenvalue weighted by atomic mass is 35.5. The average molecular weight is 1010 g/mol. The molecule has 0 aliphatic heterocycles. The summed E-state index contributed by atoms with van der Waals surface area (Å²) in [6.07, 6.45) is 7.67. The quantitative estimate of drug-likeness (QED) is 0.0791. The van der Waals surface area contributed by atoms with E-state index in [-0.39, 0.29) is 52.4 Å². The highest BCUT2D eigenvalue weighted by molar-refractivity contribution is 6.33. The molecule has 24 nitrogen and oxygen atoms in total. The molecule has 0 spiro atoms. The van der Waals surface area contributed by atoms with Crippen LogP contribution in [0.25, 0.3) is 5.57 Å². The van der Waals surface area contributed by atoms with Crippen molar-refractivity contribution < 1.29 is 57.7 Å². The van der Waals surface area contributed by atoms with Gasteiger partial charge in [0.15, 0.2) is 0 Å². The van der Waals surface area contributed by atoms with Crippen molar-refractivity contribution in [1.82, 2.24) is 13.7 Å². The molecule has 3 aromatic rings. The molecular formula is C43H48Cl2N6O18. The molecule has 0 aromatic carbocycles. The zero-order valence-corrected chi connectivity index (χ0v) is 40.2. The molecule has 0 N–H and O–H groups in total. The molecule has 5 rings (SSSR count). The maximum atomic E-state index is 11.9. The van der Waals surface area contributed by atoms with E-state index < -0.39 is 72.4 Å². The molecule has 1 atom stereocenters. The van der Waals surface area contributed by atoms with E-state index in [1.807, 2.05) is 6.92 Å². The van der Waals surface area contributed by atoms with Gasteiger partial charge in [0.2, 0.25) is 5.78 Å². The number of ether oxygens (including phenoxy) is 3. The Bertz CT molecular complexity index is 2800. The second-order valence-corrected chi connectivity index (χ2v) is 14.9. The Morgan fingerprint density at radius 2 is 1.23 bits per heavy atom. The van der Waals surface area contributed by atoms with Gasteiger partial charge in [0, 0.05) is 58.1 Å². The molecule has 3 aromatic heterocycles. The second-order valence-electron chi connectivity index (χ2n) is 14.1. The molecule has 3 heterocycles. The molecule has 69 heavy (non-hydrogen) atoms. The molecule has 0 saturated heterocycles. The average Bonchev–Trinajstić information content (AvgIpc) is 3.59. The summed E-state index contributed by atoms with van der Waals surface area (Å²) in [6.45, 7) is 10.1. The van der Waals surface area contributed by atoms with Gasteiger partial charge in [0.1, 0.15) is 34.0 Å². The van der Waals surface area contributed by atoms with Gasteiger partial charge in [0.25, 0.3) is 5.56 Å². The number of allylic oxidation sites excluding steroid dienone is 5. The van der Waals surface area contributed by atoms with E-state index in [1.165, 1.54) is 62.3 Å². The number of rotatable bonds is 12. The monoisotopic (exact) mass is 1010 g/mol. The summed E-state index contributed by atoms with van der Waals surface area (Å²) < 4.78 is 17.9. The van der Waals surface area contributed by atoms with Gasteiger partial charge in [0.05, 0.1) is 45.7 Å². The first kappa shape index (κ1) is 59.3. The van der Waals surface area contributed by atoms with Gasteiger partial charge in [-0.25, -0.2) is 4.79 Å². The van der Waals surface area contributed by atoms with E-state index in [1.54, 1.807) is 40.1 Å². The lowest BCUT2D eigenvalue weighted by Crippen LogP contribution is -2.28. The van der Waals surface area contributed by atoms with Gasteiger partial charge in [-0.1, -0.05) is 34.9 Å². The maximum Gasteiger partial charge on any atom is 0.352 e. The minimum absolute atomic E-state index is 0.0290. The largest absolute Gasteiger partial charge is 0.466 e. The SMILES string of the molecule is CCOC(=O)C(C(C)=O)c1ccn(C)c(=O)c1[N+](=O)[O-].CCOC(=O)C1=C(C)Cc2c1ccn(C)c2=O.CCOC(=O)CC(C)=O.Cn1ccc(Cl)c([N+](=O)[O-])c1=O.O=C1CC=CC(Cl)=C1[N+](=O)[O-]. The van der Waals surface area contributed by atoms with Crippen LogP contribution in [0.15, 0.2) is 79.6 Å². The fraction of sp³-hybridized carbons (Fsp3) is 0.372. The summed E-state index contributed by atoms with van der Waals surface area (Å²) >= 11 is 10.8. The molecular weight excluding hydrogens is 959 g/mol. The molecule has 0 amide bonds. The van der Waals surface area contributed by atoms with E-state index in [9.17, 15) is 73.5 Å². The van der Waals surface area contributed by atoms with Crippen molar-refractivity contribution in [3.63, 3.8) is 0 Å². The Hall–Kier alpha value is -7.73. The van der Waals surface area contributed by atoms with Crippen LogP contribution in [-0.2, 0) is 70.5 Å². The van der Waals surface area contributed by atoms with Crippen molar-refractivity contribution in [3.8, 4) is 0 Å². The normalized spacial score (nSPS) is 12.4. The second kappa shape index (κ2) is 27.8. The fourth-order valence-corrected chi connectivity index (χ4v) is 6.35. The van der Waals surface area contributed by atoms with E-state index in [2.05, 4.69) is 4.74 Å². The Kier molecular flexibility index (Phi) is 23.9. The van der Waals surface area contributed by atoms with Crippen LogP contribution in [0.2, 0.25) is 5.02 Å². The van der Waals surface area contributed by atoms with Gasteiger partial charge in [-0.2, -0.15) is 0 Å². The number of nitro groups is 3. The predicted octanol–water partition coefficient (Wildman–Crippen LogP) is 4.53. The summed E-state index contributed by atoms with van der Waals surface area (Å²) in [6, 6.07) is 4.32. The summed E-state index contributed by atoms with van der Waals surface area (Å²) in [5, 5.41) is 31.3. The molecule has 2 aliphatic rings. The van der Waals surface area contributed by atoms with Crippen molar-refractivity contribution in [2.24, 2.45) is 21.1 Å². The predicted molar refractivity (Wildman–Crippen MR) is 247 cm³/mol. The van der Waals surface area contributed by atoms with Gasteiger partial charge in [-0.05, 0) is 71.4 Å². The number of halogens is 2.